The molecule has 8 heteroatoms. The second-order valence-corrected chi connectivity index (χ2v) is 5.34. The van der Waals surface area contributed by atoms with Crippen LogP contribution in [-0.2, 0) is 6.61 Å². The zero-order chi connectivity index (χ0) is 14.8. The molecular weight excluding hydrogens is 292 g/mol. The van der Waals surface area contributed by atoms with Gasteiger partial charge in [0.15, 0.2) is 10.6 Å². The first-order valence-corrected chi connectivity index (χ1v) is 6.82. The van der Waals surface area contributed by atoms with Gasteiger partial charge in [0.25, 0.3) is 5.69 Å². The summed E-state index contributed by atoms with van der Waals surface area (Å²) in [7, 11) is 0. The highest BCUT2D eigenvalue weighted by Gasteiger charge is 2.16. The lowest BCUT2D eigenvalue weighted by Gasteiger charge is -2.07. The SMILES string of the molecule is Nc1ncc(COc2ccc([N+](=O)[O-])c3ncccc23)s1. The fourth-order valence-electron chi connectivity index (χ4n) is 1.94. The summed E-state index contributed by atoms with van der Waals surface area (Å²) in [5.41, 5.74) is 5.83. The predicted octanol–water partition coefficient (Wildman–Crippen LogP) is 2.76. The van der Waals surface area contributed by atoms with Crippen LogP contribution in [0.1, 0.15) is 4.88 Å². The summed E-state index contributed by atoms with van der Waals surface area (Å²) in [6, 6.07) is 6.42. The topological polar surface area (TPSA) is 104 Å². The van der Waals surface area contributed by atoms with Gasteiger partial charge in [0.05, 0.1) is 9.80 Å². The van der Waals surface area contributed by atoms with Crippen LogP contribution >= 0.6 is 11.3 Å². The third kappa shape index (κ3) is 2.61. The molecule has 2 N–H and O–H groups in total. The largest absolute Gasteiger partial charge is 0.487 e. The second-order valence-electron chi connectivity index (χ2n) is 4.19. The van der Waals surface area contributed by atoms with Crippen LogP contribution < -0.4 is 10.5 Å². The zero-order valence-electron chi connectivity index (χ0n) is 10.7. The van der Waals surface area contributed by atoms with Crippen LogP contribution in [0.4, 0.5) is 10.8 Å². The Balaban J connectivity index is 1.96. The van der Waals surface area contributed by atoms with Gasteiger partial charge >= 0.3 is 0 Å². The van der Waals surface area contributed by atoms with Gasteiger partial charge in [-0.15, -0.1) is 0 Å². The summed E-state index contributed by atoms with van der Waals surface area (Å²) in [6.07, 6.45) is 3.16. The minimum Gasteiger partial charge on any atom is -0.487 e. The summed E-state index contributed by atoms with van der Waals surface area (Å²) < 4.78 is 5.71. The van der Waals surface area contributed by atoms with Gasteiger partial charge in [-0.1, -0.05) is 11.3 Å². The molecule has 0 aliphatic rings. The molecule has 0 saturated carbocycles. The normalized spacial score (nSPS) is 10.7. The Morgan fingerprint density at radius 1 is 1.33 bits per heavy atom. The standard InChI is InChI=1S/C13H10N4O3S/c14-13-16-6-8(21-13)7-20-11-4-3-10(17(18)19)12-9(11)2-1-5-15-12/h1-6H,7H2,(H2,14,16). The Morgan fingerprint density at radius 2 is 2.19 bits per heavy atom. The molecule has 1 aromatic carbocycles. The number of benzene rings is 1. The highest BCUT2D eigenvalue weighted by Crippen LogP contribution is 2.32. The molecule has 106 valence electrons. The van der Waals surface area contributed by atoms with E-state index in [-0.39, 0.29) is 5.69 Å². The van der Waals surface area contributed by atoms with E-state index in [0.29, 0.717) is 28.4 Å². The van der Waals surface area contributed by atoms with Gasteiger partial charge in [0.1, 0.15) is 12.4 Å². The quantitative estimate of drug-likeness (QED) is 0.587. The van der Waals surface area contributed by atoms with Crippen LogP contribution in [0.15, 0.2) is 36.7 Å². The first-order valence-electron chi connectivity index (χ1n) is 6.00. The monoisotopic (exact) mass is 302 g/mol. The molecule has 0 spiro atoms. The van der Waals surface area contributed by atoms with Crippen LogP contribution in [0.2, 0.25) is 0 Å². The number of fused-ring (bicyclic) bond motifs is 1. The Kier molecular flexibility index (Phi) is 3.36. The fraction of sp³-hybridized carbons (Fsp3) is 0.0769. The number of nitrogens with zero attached hydrogens (tertiary/aromatic N) is 3. The van der Waals surface area contributed by atoms with E-state index in [1.165, 1.54) is 23.6 Å². The maximum atomic E-state index is 11.0. The number of aromatic nitrogens is 2. The molecule has 0 atom stereocenters. The average Bonchev–Trinajstić information content (AvgIpc) is 2.90. The number of rotatable bonds is 4. The van der Waals surface area contributed by atoms with Crippen LogP contribution in [-0.4, -0.2) is 14.9 Å². The summed E-state index contributed by atoms with van der Waals surface area (Å²) in [5.74, 6) is 0.538. The van der Waals surface area contributed by atoms with E-state index < -0.39 is 4.92 Å². The molecule has 0 fully saturated rings. The van der Waals surface area contributed by atoms with Crippen molar-refractivity contribution >= 4 is 33.1 Å². The van der Waals surface area contributed by atoms with E-state index in [1.807, 2.05) is 0 Å². The number of hydrogen-bond donors (Lipinski definition) is 1. The van der Waals surface area contributed by atoms with Crippen molar-refractivity contribution in [1.29, 1.82) is 0 Å². The number of nitro benzene ring substituents is 1. The van der Waals surface area contributed by atoms with E-state index in [9.17, 15) is 10.1 Å². The van der Waals surface area contributed by atoms with E-state index >= 15 is 0 Å². The molecule has 21 heavy (non-hydrogen) atoms. The van der Waals surface area contributed by atoms with Crippen LogP contribution in [0.5, 0.6) is 5.75 Å². The third-order valence-electron chi connectivity index (χ3n) is 2.85. The first-order chi connectivity index (χ1) is 10.1. The lowest BCUT2D eigenvalue weighted by molar-refractivity contribution is -0.383. The maximum Gasteiger partial charge on any atom is 0.295 e. The molecule has 2 heterocycles. The molecule has 0 aliphatic carbocycles. The lowest BCUT2D eigenvalue weighted by atomic mass is 10.1. The van der Waals surface area contributed by atoms with Crippen LogP contribution in [0, 0.1) is 10.1 Å². The van der Waals surface area contributed by atoms with Gasteiger partial charge in [-0.2, -0.15) is 0 Å². The van der Waals surface area contributed by atoms with Gasteiger partial charge in [-0.05, 0) is 18.2 Å². The number of hydrogen-bond acceptors (Lipinski definition) is 7. The summed E-state index contributed by atoms with van der Waals surface area (Å²) in [4.78, 5) is 19.4. The van der Waals surface area contributed by atoms with Crippen LogP contribution in [0.3, 0.4) is 0 Å². The molecule has 3 rings (SSSR count). The van der Waals surface area contributed by atoms with E-state index in [4.69, 9.17) is 10.5 Å². The minimum atomic E-state index is -0.455. The smallest absolute Gasteiger partial charge is 0.295 e. The summed E-state index contributed by atoms with van der Waals surface area (Å²) in [5, 5.41) is 12.1. The van der Waals surface area contributed by atoms with Crippen molar-refractivity contribution in [3.05, 3.63) is 51.7 Å². The average molecular weight is 302 g/mol. The highest BCUT2D eigenvalue weighted by molar-refractivity contribution is 7.15. The molecule has 0 saturated heterocycles. The number of pyridine rings is 1. The first kappa shape index (κ1) is 13.3. The number of nitrogens with two attached hydrogens (primary N) is 1. The van der Waals surface area contributed by atoms with Crippen molar-refractivity contribution in [2.45, 2.75) is 6.61 Å². The van der Waals surface area contributed by atoms with Crippen LogP contribution in [0.25, 0.3) is 10.9 Å². The highest BCUT2D eigenvalue weighted by atomic mass is 32.1. The Labute approximate surface area is 123 Å². The number of anilines is 1. The van der Waals surface area contributed by atoms with Crippen molar-refractivity contribution in [2.75, 3.05) is 5.73 Å². The number of nitro groups is 1. The molecule has 7 nitrogen and oxygen atoms in total. The second kappa shape index (κ2) is 5.33. The number of ether oxygens (including phenoxy) is 1. The van der Waals surface area contributed by atoms with Gasteiger partial charge in [-0.25, -0.2) is 9.97 Å². The summed E-state index contributed by atoms with van der Waals surface area (Å²) in [6.45, 7) is 0.302. The van der Waals surface area contributed by atoms with E-state index in [1.54, 1.807) is 24.4 Å². The number of non-ortho nitro benzene ring substituents is 1. The number of thiazole rings is 1. The zero-order valence-corrected chi connectivity index (χ0v) is 11.5. The molecule has 2 aromatic heterocycles. The minimum absolute atomic E-state index is 0.0417. The predicted molar refractivity (Wildman–Crippen MR) is 79.3 cm³/mol. The van der Waals surface area contributed by atoms with Crippen molar-refractivity contribution in [3.8, 4) is 5.75 Å². The Bertz CT molecular complexity index is 818. The van der Waals surface area contributed by atoms with Crippen molar-refractivity contribution in [1.82, 2.24) is 9.97 Å². The Morgan fingerprint density at radius 3 is 2.90 bits per heavy atom. The maximum absolute atomic E-state index is 11.0. The third-order valence-corrected chi connectivity index (χ3v) is 3.65. The van der Waals surface area contributed by atoms with Gasteiger partial charge in [0, 0.05) is 23.8 Å². The number of nitrogen functional groups attached to an aromatic ring is 1. The Hall–Kier alpha value is -2.74. The molecule has 3 aromatic rings. The van der Waals surface area contributed by atoms with Crippen molar-refractivity contribution in [2.24, 2.45) is 0 Å². The van der Waals surface area contributed by atoms with Crippen molar-refractivity contribution < 1.29 is 9.66 Å². The molecule has 0 amide bonds. The van der Waals surface area contributed by atoms with Gasteiger partial charge < -0.3 is 10.5 Å². The van der Waals surface area contributed by atoms with Gasteiger partial charge in [-0.3, -0.25) is 10.1 Å². The fourth-order valence-corrected chi connectivity index (χ4v) is 2.54. The van der Waals surface area contributed by atoms with E-state index in [0.717, 1.165) is 4.88 Å². The van der Waals surface area contributed by atoms with Crippen molar-refractivity contribution in [3.63, 3.8) is 0 Å². The van der Waals surface area contributed by atoms with E-state index in [2.05, 4.69) is 9.97 Å². The molecular formula is C13H10N4O3S. The van der Waals surface area contributed by atoms with Gasteiger partial charge in [0.2, 0.25) is 0 Å². The summed E-state index contributed by atoms with van der Waals surface area (Å²) >= 11 is 1.34. The molecule has 0 radical (unpaired) electrons. The molecule has 0 aliphatic heterocycles. The molecule has 0 unspecified atom stereocenters. The molecule has 0 bridgehead atoms. The lowest BCUT2D eigenvalue weighted by Crippen LogP contribution is -1.97.